The van der Waals surface area contributed by atoms with Crippen molar-refractivity contribution in [3.63, 3.8) is 0 Å². The molecular formula is C13H20N4O3. The van der Waals surface area contributed by atoms with Gasteiger partial charge in [-0.05, 0) is 12.8 Å². The van der Waals surface area contributed by atoms with Crippen LogP contribution < -0.4 is 11.1 Å². The van der Waals surface area contributed by atoms with Gasteiger partial charge in [-0.1, -0.05) is 12.8 Å². The van der Waals surface area contributed by atoms with Gasteiger partial charge in [0.15, 0.2) is 0 Å². The molecule has 1 aromatic heterocycles. The molecule has 1 fully saturated rings. The Labute approximate surface area is 117 Å². The molecule has 0 bridgehead atoms. The zero-order valence-electron chi connectivity index (χ0n) is 11.5. The highest BCUT2D eigenvalue weighted by Gasteiger charge is 2.22. The van der Waals surface area contributed by atoms with Crippen molar-refractivity contribution in [3.8, 4) is 0 Å². The van der Waals surface area contributed by atoms with Crippen LogP contribution in [-0.2, 0) is 9.53 Å². The van der Waals surface area contributed by atoms with E-state index in [1.165, 1.54) is 26.1 Å². The van der Waals surface area contributed by atoms with Crippen molar-refractivity contribution < 1.29 is 14.3 Å². The molecule has 0 spiro atoms. The lowest BCUT2D eigenvalue weighted by Crippen LogP contribution is -2.47. The molecule has 0 saturated heterocycles. The third-order valence-corrected chi connectivity index (χ3v) is 3.54. The van der Waals surface area contributed by atoms with Crippen molar-refractivity contribution in [2.24, 2.45) is 5.73 Å². The minimum Gasteiger partial charge on any atom is -0.382 e. The van der Waals surface area contributed by atoms with E-state index in [9.17, 15) is 9.59 Å². The average Bonchev–Trinajstić information content (AvgIpc) is 3.08. The second kappa shape index (κ2) is 6.51. The minimum absolute atomic E-state index is 0.0534. The molecule has 110 valence electrons. The first-order chi connectivity index (χ1) is 9.61. The van der Waals surface area contributed by atoms with Crippen LogP contribution in [0.5, 0.6) is 0 Å². The smallest absolute Gasteiger partial charge is 0.255 e. The first-order valence-electron chi connectivity index (χ1n) is 6.75. The third-order valence-electron chi connectivity index (χ3n) is 3.54. The highest BCUT2D eigenvalue weighted by molar-refractivity contribution is 5.96. The van der Waals surface area contributed by atoms with E-state index in [1.807, 2.05) is 4.68 Å². The summed E-state index contributed by atoms with van der Waals surface area (Å²) in [5, 5.41) is 6.77. The number of nitrogens with zero attached hydrogens (tertiary/aromatic N) is 2. The highest BCUT2D eigenvalue weighted by atomic mass is 16.5. The molecule has 0 aliphatic heterocycles. The molecule has 3 N–H and O–H groups in total. The van der Waals surface area contributed by atoms with E-state index in [4.69, 9.17) is 10.5 Å². The summed E-state index contributed by atoms with van der Waals surface area (Å²) < 4.78 is 6.68. The van der Waals surface area contributed by atoms with Crippen molar-refractivity contribution in [1.82, 2.24) is 15.1 Å². The third kappa shape index (κ3) is 3.36. The summed E-state index contributed by atoms with van der Waals surface area (Å²) in [7, 11) is 1.44. The molecule has 1 saturated carbocycles. The molecular weight excluding hydrogens is 260 g/mol. The van der Waals surface area contributed by atoms with Crippen LogP contribution in [0.3, 0.4) is 0 Å². The summed E-state index contributed by atoms with van der Waals surface area (Å²) in [6.07, 6.45) is 7.81. The second-order valence-corrected chi connectivity index (χ2v) is 5.03. The summed E-state index contributed by atoms with van der Waals surface area (Å²) in [4.78, 5) is 23.2. The molecule has 1 atom stereocenters. The van der Waals surface area contributed by atoms with Crippen molar-refractivity contribution in [2.75, 3.05) is 13.7 Å². The van der Waals surface area contributed by atoms with Crippen LogP contribution in [0.4, 0.5) is 0 Å². The zero-order chi connectivity index (χ0) is 14.5. The number of carbonyl (C=O) groups is 2. The maximum absolute atomic E-state index is 12.0. The fourth-order valence-electron chi connectivity index (χ4n) is 2.43. The normalized spacial score (nSPS) is 17.1. The number of ether oxygens (including phenoxy) is 1. The molecule has 1 aromatic rings. The van der Waals surface area contributed by atoms with Gasteiger partial charge in [0.05, 0.1) is 24.4 Å². The quantitative estimate of drug-likeness (QED) is 0.779. The van der Waals surface area contributed by atoms with E-state index in [2.05, 4.69) is 10.4 Å². The van der Waals surface area contributed by atoms with E-state index in [-0.39, 0.29) is 12.5 Å². The molecule has 0 radical (unpaired) electrons. The van der Waals surface area contributed by atoms with Crippen molar-refractivity contribution in [1.29, 1.82) is 0 Å². The molecule has 1 unspecified atom stereocenters. The lowest BCUT2D eigenvalue weighted by atomic mass is 10.2. The van der Waals surface area contributed by atoms with Gasteiger partial charge in [0.1, 0.15) is 6.04 Å². The summed E-state index contributed by atoms with van der Waals surface area (Å²) in [5.41, 5.74) is 5.63. The standard InChI is InChI=1S/C13H20N4O3/c1-20-8-11(12(14)18)16-13(19)9-6-15-17(7-9)10-4-2-3-5-10/h6-7,10-11H,2-5,8H2,1H3,(H2,14,18)(H,16,19). The summed E-state index contributed by atoms with van der Waals surface area (Å²) in [6.45, 7) is 0.0534. The van der Waals surface area contributed by atoms with Crippen molar-refractivity contribution in [2.45, 2.75) is 37.8 Å². The van der Waals surface area contributed by atoms with Gasteiger partial charge in [0.2, 0.25) is 5.91 Å². The van der Waals surface area contributed by atoms with Gasteiger partial charge >= 0.3 is 0 Å². The largest absolute Gasteiger partial charge is 0.382 e. The topological polar surface area (TPSA) is 99.2 Å². The second-order valence-electron chi connectivity index (χ2n) is 5.03. The predicted octanol–water partition coefficient (Wildman–Crippen LogP) is 0.228. The summed E-state index contributed by atoms with van der Waals surface area (Å²) in [5.74, 6) is -0.988. The molecule has 1 aliphatic carbocycles. The molecule has 1 aliphatic rings. The average molecular weight is 280 g/mol. The van der Waals surface area contributed by atoms with Crippen LogP contribution in [0.2, 0.25) is 0 Å². The molecule has 2 rings (SSSR count). The van der Waals surface area contributed by atoms with Gasteiger partial charge in [-0.15, -0.1) is 0 Å². The zero-order valence-corrected chi connectivity index (χ0v) is 11.5. The summed E-state index contributed by atoms with van der Waals surface area (Å²) >= 11 is 0. The van der Waals surface area contributed by atoms with E-state index in [1.54, 1.807) is 6.20 Å². The van der Waals surface area contributed by atoms with Gasteiger partial charge in [-0.3, -0.25) is 14.3 Å². The number of hydrogen-bond donors (Lipinski definition) is 2. The van der Waals surface area contributed by atoms with Crippen molar-refractivity contribution >= 4 is 11.8 Å². The van der Waals surface area contributed by atoms with Gasteiger partial charge < -0.3 is 15.8 Å². The molecule has 20 heavy (non-hydrogen) atoms. The Bertz CT molecular complexity index is 480. The van der Waals surface area contributed by atoms with E-state index in [0.717, 1.165) is 12.8 Å². The van der Waals surface area contributed by atoms with Gasteiger partial charge in [0.25, 0.3) is 5.91 Å². The van der Waals surface area contributed by atoms with Crippen molar-refractivity contribution in [3.05, 3.63) is 18.0 Å². The Hall–Kier alpha value is -1.89. The number of carbonyl (C=O) groups excluding carboxylic acids is 2. The fraction of sp³-hybridized carbons (Fsp3) is 0.615. The molecule has 7 nitrogen and oxygen atoms in total. The van der Waals surface area contributed by atoms with E-state index >= 15 is 0 Å². The number of hydrogen-bond acceptors (Lipinski definition) is 4. The molecule has 2 amide bonds. The van der Waals surface area contributed by atoms with Crippen LogP contribution in [-0.4, -0.2) is 41.4 Å². The Kier molecular flexibility index (Phi) is 4.73. The predicted molar refractivity (Wildman–Crippen MR) is 72.1 cm³/mol. The first-order valence-corrected chi connectivity index (χ1v) is 6.75. The maximum atomic E-state index is 12.0. The SMILES string of the molecule is COCC(NC(=O)c1cnn(C2CCCC2)c1)C(N)=O. The highest BCUT2D eigenvalue weighted by Crippen LogP contribution is 2.28. The maximum Gasteiger partial charge on any atom is 0.255 e. The van der Waals surface area contributed by atoms with E-state index in [0.29, 0.717) is 11.6 Å². The molecule has 0 aromatic carbocycles. The molecule has 1 heterocycles. The van der Waals surface area contributed by atoms with Crippen LogP contribution in [0.1, 0.15) is 42.1 Å². The monoisotopic (exact) mass is 280 g/mol. The lowest BCUT2D eigenvalue weighted by Gasteiger charge is -2.13. The Morgan fingerprint density at radius 1 is 1.55 bits per heavy atom. The Morgan fingerprint density at radius 3 is 2.85 bits per heavy atom. The van der Waals surface area contributed by atoms with Crippen LogP contribution >= 0.6 is 0 Å². The Balaban J connectivity index is 1.99. The number of nitrogens with two attached hydrogens (primary N) is 1. The van der Waals surface area contributed by atoms with Crippen LogP contribution in [0.15, 0.2) is 12.4 Å². The Morgan fingerprint density at radius 2 is 2.25 bits per heavy atom. The number of nitrogens with one attached hydrogen (secondary N) is 1. The van der Waals surface area contributed by atoms with Gasteiger partial charge in [0, 0.05) is 13.3 Å². The minimum atomic E-state index is -0.831. The molecule has 7 heteroatoms. The number of aromatic nitrogens is 2. The van der Waals surface area contributed by atoms with Gasteiger partial charge in [-0.2, -0.15) is 5.10 Å². The van der Waals surface area contributed by atoms with E-state index < -0.39 is 11.9 Å². The summed E-state index contributed by atoms with van der Waals surface area (Å²) in [6, 6.07) is -0.454. The number of primary amides is 1. The van der Waals surface area contributed by atoms with Crippen LogP contribution in [0.25, 0.3) is 0 Å². The number of amides is 2. The number of methoxy groups -OCH3 is 1. The first kappa shape index (κ1) is 14.5. The lowest BCUT2D eigenvalue weighted by molar-refractivity contribution is -0.121. The number of rotatable bonds is 6. The fourth-order valence-corrected chi connectivity index (χ4v) is 2.43. The van der Waals surface area contributed by atoms with Gasteiger partial charge in [-0.25, -0.2) is 0 Å². The van der Waals surface area contributed by atoms with Crippen LogP contribution in [0, 0.1) is 0 Å².